The summed E-state index contributed by atoms with van der Waals surface area (Å²) in [6.45, 7) is 11.0. The highest BCUT2D eigenvalue weighted by molar-refractivity contribution is 5.84. The zero-order valence-electron chi connectivity index (χ0n) is 16.6. The highest BCUT2D eigenvalue weighted by Gasteiger charge is 2.21. The van der Waals surface area contributed by atoms with Crippen LogP contribution in [0.1, 0.15) is 24.4 Å². The van der Waals surface area contributed by atoms with Gasteiger partial charge in [-0.1, -0.05) is 42.5 Å². The maximum Gasteiger partial charge on any atom is 0.268 e. The highest BCUT2D eigenvalue weighted by atomic mass is 16.1. The molecule has 30 heavy (non-hydrogen) atoms. The van der Waals surface area contributed by atoms with Crippen LogP contribution in [0.3, 0.4) is 0 Å². The molecule has 0 fully saturated rings. The van der Waals surface area contributed by atoms with Crippen LogP contribution < -0.4 is 16.5 Å². The number of nitrogens with two attached hydrogens (primary N) is 1. The molecule has 1 unspecified atom stereocenters. The number of nitrogens with one attached hydrogen (secondary N) is 2. The molecule has 1 atom stereocenters. The van der Waals surface area contributed by atoms with Crippen LogP contribution in [0.4, 0.5) is 17.3 Å². The lowest BCUT2D eigenvalue weighted by Gasteiger charge is -2.20. The van der Waals surface area contributed by atoms with Crippen molar-refractivity contribution in [3.63, 3.8) is 0 Å². The molecule has 2 aromatic carbocycles. The Balaban J connectivity index is 1.91. The van der Waals surface area contributed by atoms with Gasteiger partial charge in [-0.05, 0) is 31.5 Å². The zero-order chi connectivity index (χ0) is 21.3. The van der Waals surface area contributed by atoms with E-state index >= 15 is 0 Å². The minimum Gasteiger partial charge on any atom is -0.392 e. The van der Waals surface area contributed by atoms with Crippen LogP contribution >= 0.6 is 0 Å². The second-order valence-electron chi connectivity index (χ2n) is 6.99. The average Bonchev–Trinajstić information content (AvgIpc) is 2.74. The number of anilines is 2. The van der Waals surface area contributed by atoms with Crippen LogP contribution in [0.5, 0.6) is 0 Å². The summed E-state index contributed by atoms with van der Waals surface area (Å²) >= 11 is 0. The maximum atomic E-state index is 13.5. The number of aromatic amines is 1. The van der Waals surface area contributed by atoms with Crippen molar-refractivity contribution in [2.24, 2.45) is 0 Å². The number of para-hydroxylation sites is 1. The van der Waals surface area contributed by atoms with Gasteiger partial charge in [0.25, 0.3) is 5.69 Å². The first-order chi connectivity index (χ1) is 14.5. The standard InChI is InChI=1S/C23H20N6O/c1-13(26-23-20(25-3)22(24)27-14(2)28-23)18-19(15-9-5-4-6-10-15)29-17-12-8-7-11-16(17)21(18)30/h4-13H,1-2H3,(H,29,30)(H3,24,26,27,28). The molecule has 2 heterocycles. The Kier molecular flexibility index (Phi) is 4.90. The topological polar surface area (TPSA) is 101 Å². The number of H-pyrrole nitrogens is 1. The van der Waals surface area contributed by atoms with Crippen LogP contribution in [0.25, 0.3) is 27.0 Å². The predicted molar refractivity (Wildman–Crippen MR) is 119 cm³/mol. The van der Waals surface area contributed by atoms with Gasteiger partial charge in [-0.3, -0.25) is 4.79 Å². The summed E-state index contributed by atoms with van der Waals surface area (Å²) < 4.78 is 0. The molecule has 4 aromatic rings. The van der Waals surface area contributed by atoms with Crippen LogP contribution in [0.2, 0.25) is 0 Å². The zero-order valence-corrected chi connectivity index (χ0v) is 16.6. The number of fused-ring (bicyclic) bond motifs is 1. The van der Waals surface area contributed by atoms with E-state index in [4.69, 9.17) is 12.3 Å². The van der Waals surface area contributed by atoms with Gasteiger partial charge in [0.1, 0.15) is 17.5 Å². The quantitative estimate of drug-likeness (QED) is 0.438. The Morgan fingerprint density at radius 3 is 2.53 bits per heavy atom. The van der Waals surface area contributed by atoms with Gasteiger partial charge in [0.15, 0.2) is 5.43 Å². The van der Waals surface area contributed by atoms with Crippen LogP contribution in [0.15, 0.2) is 59.4 Å². The molecular formula is C23H20N6O. The molecule has 0 spiro atoms. The Morgan fingerprint density at radius 2 is 1.80 bits per heavy atom. The first-order valence-electron chi connectivity index (χ1n) is 9.48. The molecule has 7 nitrogen and oxygen atoms in total. The third kappa shape index (κ3) is 3.35. The second-order valence-corrected chi connectivity index (χ2v) is 6.99. The maximum absolute atomic E-state index is 13.5. The molecule has 0 saturated carbocycles. The summed E-state index contributed by atoms with van der Waals surface area (Å²) in [7, 11) is 0. The third-order valence-corrected chi connectivity index (χ3v) is 4.93. The first-order valence-corrected chi connectivity index (χ1v) is 9.48. The Morgan fingerprint density at radius 1 is 1.10 bits per heavy atom. The summed E-state index contributed by atoms with van der Waals surface area (Å²) in [5.74, 6) is 0.877. The van der Waals surface area contributed by atoms with Crippen molar-refractivity contribution in [2.45, 2.75) is 19.9 Å². The number of aryl methyl sites for hydroxylation is 1. The van der Waals surface area contributed by atoms with Gasteiger partial charge in [0, 0.05) is 16.5 Å². The lowest BCUT2D eigenvalue weighted by molar-refractivity contribution is 0.860. The average molecular weight is 396 g/mol. The lowest BCUT2D eigenvalue weighted by Crippen LogP contribution is -2.21. The molecule has 2 aromatic heterocycles. The van der Waals surface area contributed by atoms with Gasteiger partial charge in [0.05, 0.1) is 18.3 Å². The summed E-state index contributed by atoms with van der Waals surface area (Å²) in [6.07, 6.45) is 0. The molecule has 0 radical (unpaired) electrons. The second kappa shape index (κ2) is 7.68. The van der Waals surface area contributed by atoms with E-state index in [-0.39, 0.29) is 16.9 Å². The number of hydrogen-bond donors (Lipinski definition) is 3. The third-order valence-electron chi connectivity index (χ3n) is 4.93. The molecule has 4 N–H and O–H groups in total. The smallest absolute Gasteiger partial charge is 0.268 e. The fourth-order valence-corrected chi connectivity index (χ4v) is 3.57. The predicted octanol–water partition coefficient (Wildman–Crippen LogP) is 4.60. The van der Waals surface area contributed by atoms with Gasteiger partial charge < -0.3 is 16.0 Å². The van der Waals surface area contributed by atoms with Crippen molar-refractivity contribution in [1.29, 1.82) is 0 Å². The SMILES string of the molecule is [C-]#[N+]c1c(N)nc(C)nc1NC(C)c1c(-c2ccccc2)[nH]c2ccccc2c1=O. The van der Waals surface area contributed by atoms with Crippen LogP contribution in [0, 0.1) is 13.5 Å². The fourth-order valence-electron chi connectivity index (χ4n) is 3.57. The van der Waals surface area contributed by atoms with Crippen LogP contribution in [-0.2, 0) is 0 Å². The first kappa shape index (κ1) is 19.2. The summed E-state index contributed by atoms with van der Waals surface area (Å²) in [6, 6.07) is 16.7. The summed E-state index contributed by atoms with van der Waals surface area (Å²) in [5.41, 5.74) is 8.91. The number of benzene rings is 2. The van der Waals surface area contributed by atoms with E-state index in [1.165, 1.54) is 0 Å². The van der Waals surface area contributed by atoms with E-state index in [9.17, 15) is 4.79 Å². The van der Waals surface area contributed by atoms with E-state index < -0.39 is 6.04 Å². The molecular weight excluding hydrogens is 376 g/mol. The Hall–Kier alpha value is -4.18. The number of nitrogens with zero attached hydrogens (tertiary/aromatic N) is 3. The largest absolute Gasteiger partial charge is 0.392 e. The molecule has 0 amide bonds. The molecule has 0 aliphatic heterocycles. The minimum absolute atomic E-state index is 0.0775. The number of pyridine rings is 1. The normalized spacial score (nSPS) is 11.8. The Labute approximate surface area is 173 Å². The van der Waals surface area contributed by atoms with Crippen molar-refractivity contribution in [2.75, 3.05) is 11.1 Å². The van der Waals surface area contributed by atoms with E-state index in [2.05, 4.69) is 25.1 Å². The molecule has 4 rings (SSSR count). The van der Waals surface area contributed by atoms with E-state index in [1.807, 2.05) is 55.5 Å². The number of rotatable bonds is 4. The van der Waals surface area contributed by atoms with Crippen molar-refractivity contribution >= 4 is 28.2 Å². The van der Waals surface area contributed by atoms with Crippen molar-refractivity contribution in [3.05, 3.63) is 87.6 Å². The van der Waals surface area contributed by atoms with E-state index in [1.54, 1.807) is 13.0 Å². The van der Waals surface area contributed by atoms with Gasteiger partial charge in [-0.25, -0.2) is 14.8 Å². The van der Waals surface area contributed by atoms with Crippen molar-refractivity contribution in [3.8, 4) is 11.3 Å². The van der Waals surface area contributed by atoms with Crippen molar-refractivity contribution < 1.29 is 0 Å². The highest BCUT2D eigenvalue weighted by Crippen LogP contribution is 2.33. The fraction of sp³-hybridized carbons (Fsp3) is 0.130. The van der Waals surface area contributed by atoms with Crippen LogP contribution in [-0.4, -0.2) is 15.0 Å². The number of aromatic nitrogens is 3. The molecule has 0 aliphatic rings. The van der Waals surface area contributed by atoms with E-state index in [0.29, 0.717) is 22.6 Å². The number of hydrogen-bond acceptors (Lipinski definition) is 5. The lowest BCUT2D eigenvalue weighted by atomic mass is 9.98. The molecule has 0 aliphatic carbocycles. The molecule has 7 heteroatoms. The van der Waals surface area contributed by atoms with Gasteiger partial charge in [-0.2, -0.15) is 0 Å². The summed E-state index contributed by atoms with van der Waals surface area (Å²) in [4.78, 5) is 28.7. The van der Waals surface area contributed by atoms with Gasteiger partial charge in [0.2, 0.25) is 0 Å². The monoisotopic (exact) mass is 396 g/mol. The Bertz CT molecular complexity index is 1340. The summed E-state index contributed by atoms with van der Waals surface area (Å²) in [5, 5.41) is 3.81. The van der Waals surface area contributed by atoms with Gasteiger partial charge >= 0.3 is 0 Å². The van der Waals surface area contributed by atoms with Gasteiger partial charge in [-0.15, -0.1) is 0 Å². The van der Waals surface area contributed by atoms with E-state index in [0.717, 1.165) is 16.8 Å². The molecule has 0 bridgehead atoms. The van der Waals surface area contributed by atoms with Crippen molar-refractivity contribution in [1.82, 2.24) is 15.0 Å². The number of nitrogen functional groups attached to an aromatic ring is 1. The molecule has 148 valence electrons. The minimum atomic E-state index is -0.442. The molecule has 0 saturated heterocycles.